The lowest BCUT2D eigenvalue weighted by molar-refractivity contribution is -0.158. The molecule has 2 heterocycles. The standard InChI is InChI=1S/C19H28N4O2/c1-2-16-20-21-18(25-16)23-5-3-22(4-6-23)17(24)19-10-13-7-14(11-19)9-15(8-13)12-19/h13-15H,2-12H2,1H3. The smallest absolute Gasteiger partial charge is 0.318 e. The maximum Gasteiger partial charge on any atom is 0.318 e. The fourth-order valence-corrected chi connectivity index (χ4v) is 6.32. The summed E-state index contributed by atoms with van der Waals surface area (Å²) in [5.41, 5.74) is -0.0171. The number of amides is 1. The predicted molar refractivity (Wildman–Crippen MR) is 93.1 cm³/mol. The average molecular weight is 344 g/mol. The van der Waals surface area contributed by atoms with E-state index in [1.807, 2.05) is 6.92 Å². The molecule has 1 aromatic heterocycles. The summed E-state index contributed by atoms with van der Waals surface area (Å²) in [6.45, 7) is 5.17. The Hall–Kier alpha value is -1.59. The highest BCUT2D eigenvalue weighted by Crippen LogP contribution is 2.60. The molecule has 136 valence electrons. The van der Waals surface area contributed by atoms with Crippen LogP contribution in [0.15, 0.2) is 4.42 Å². The van der Waals surface area contributed by atoms with Crippen LogP contribution >= 0.6 is 0 Å². The monoisotopic (exact) mass is 344 g/mol. The molecule has 0 spiro atoms. The third-order valence-corrected chi connectivity index (χ3v) is 7.09. The van der Waals surface area contributed by atoms with Crippen molar-refractivity contribution in [2.45, 2.75) is 51.9 Å². The van der Waals surface area contributed by atoms with E-state index in [1.54, 1.807) is 0 Å². The molecular formula is C19H28N4O2. The fourth-order valence-electron chi connectivity index (χ4n) is 6.32. The van der Waals surface area contributed by atoms with E-state index in [9.17, 15) is 4.79 Å². The van der Waals surface area contributed by atoms with Crippen LogP contribution < -0.4 is 4.90 Å². The molecule has 1 aliphatic heterocycles. The van der Waals surface area contributed by atoms with Gasteiger partial charge < -0.3 is 14.2 Å². The third kappa shape index (κ3) is 2.56. The van der Waals surface area contributed by atoms with Gasteiger partial charge in [-0.3, -0.25) is 4.79 Å². The Morgan fingerprint density at radius 3 is 2.16 bits per heavy atom. The highest BCUT2D eigenvalue weighted by molar-refractivity contribution is 5.83. The van der Waals surface area contributed by atoms with Crippen molar-refractivity contribution in [3.63, 3.8) is 0 Å². The highest BCUT2D eigenvalue weighted by Gasteiger charge is 2.55. The number of rotatable bonds is 3. The number of aromatic nitrogens is 2. The minimum atomic E-state index is -0.0171. The van der Waals surface area contributed by atoms with Crippen LogP contribution in [0.5, 0.6) is 0 Å². The molecule has 25 heavy (non-hydrogen) atoms. The first-order valence-electron chi connectivity index (χ1n) is 10.0. The molecule has 0 atom stereocenters. The molecule has 0 unspecified atom stereocenters. The van der Waals surface area contributed by atoms with E-state index in [0.29, 0.717) is 17.8 Å². The highest BCUT2D eigenvalue weighted by atomic mass is 16.4. The van der Waals surface area contributed by atoms with Gasteiger partial charge >= 0.3 is 6.01 Å². The van der Waals surface area contributed by atoms with Crippen molar-refractivity contribution in [1.29, 1.82) is 0 Å². The molecular weight excluding hydrogens is 316 g/mol. The first-order valence-corrected chi connectivity index (χ1v) is 10.0. The zero-order valence-electron chi connectivity index (χ0n) is 15.1. The molecule has 6 nitrogen and oxygen atoms in total. The number of carbonyl (C=O) groups is 1. The van der Waals surface area contributed by atoms with Crippen molar-refractivity contribution < 1.29 is 9.21 Å². The van der Waals surface area contributed by atoms with Crippen LogP contribution in [0.4, 0.5) is 6.01 Å². The van der Waals surface area contributed by atoms with Gasteiger partial charge in [0.2, 0.25) is 11.8 Å². The summed E-state index contributed by atoms with van der Waals surface area (Å²) in [5.74, 6) is 3.60. The Morgan fingerprint density at radius 1 is 1.04 bits per heavy atom. The van der Waals surface area contributed by atoms with Gasteiger partial charge in [0.05, 0.1) is 5.41 Å². The van der Waals surface area contributed by atoms with E-state index in [1.165, 1.54) is 19.3 Å². The zero-order valence-corrected chi connectivity index (χ0v) is 15.1. The number of hydrogen-bond acceptors (Lipinski definition) is 5. The lowest BCUT2D eigenvalue weighted by Gasteiger charge is -2.57. The number of hydrogen-bond donors (Lipinski definition) is 0. The van der Waals surface area contributed by atoms with Crippen molar-refractivity contribution in [2.24, 2.45) is 23.2 Å². The summed E-state index contributed by atoms with van der Waals surface area (Å²) in [6, 6.07) is 0.610. The van der Waals surface area contributed by atoms with Crippen LogP contribution in [0, 0.1) is 23.2 Å². The second kappa shape index (κ2) is 5.71. The van der Waals surface area contributed by atoms with Gasteiger partial charge in [-0.2, -0.15) is 0 Å². The van der Waals surface area contributed by atoms with Crippen molar-refractivity contribution in [3.05, 3.63) is 5.89 Å². The zero-order chi connectivity index (χ0) is 17.0. The minimum Gasteiger partial charge on any atom is -0.408 e. The van der Waals surface area contributed by atoms with Gasteiger partial charge in [-0.1, -0.05) is 12.0 Å². The Bertz CT molecular complexity index is 627. The first-order chi connectivity index (χ1) is 12.1. The van der Waals surface area contributed by atoms with Gasteiger partial charge in [0.25, 0.3) is 0 Å². The van der Waals surface area contributed by atoms with Crippen LogP contribution in [0.25, 0.3) is 0 Å². The van der Waals surface area contributed by atoms with Crippen molar-refractivity contribution in [2.75, 3.05) is 31.1 Å². The van der Waals surface area contributed by atoms with E-state index in [2.05, 4.69) is 20.0 Å². The Morgan fingerprint density at radius 2 is 1.64 bits per heavy atom. The van der Waals surface area contributed by atoms with E-state index in [4.69, 9.17) is 4.42 Å². The van der Waals surface area contributed by atoms with Crippen molar-refractivity contribution >= 4 is 11.9 Å². The summed E-state index contributed by atoms with van der Waals surface area (Å²) in [6.07, 6.45) is 8.38. The van der Waals surface area contributed by atoms with E-state index >= 15 is 0 Å². The fraction of sp³-hybridized carbons (Fsp3) is 0.842. The van der Waals surface area contributed by atoms with Crippen molar-refractivity contribution in [3.8, 4) is 0 Å². The Labute approximate surface area is 148 Å². The van der Waals surface area contributed by atoms with E-state index < -0.39 is 0 Å². The van der Waals surface area contributed by atoms with Gasteiger partial charge in [-0.05, 0) is 56.3 Å². The summed E-state index contributed by atoms with van der Waals surface area (Å²) in [5, 5.41) is 8.19. The molecule has 0 aromatic carbocycles. The SMILES string of the molecule is CCc1nnc(N2CCN(C(=O)C34CC5CC(CC(C5)C3)C4)CC2)o1. The molecule has 4 aliphatic carbocycles. The molecule has 1 aromatic rings. The maximum atomic E-state index is 13.4. The average Bonchev–Trinajstić information content (AvgIpc) is 3.09. The summed E-state index contributed by atoms with van der Waals surface area (Å²) >= 11 is 0. The van der Waals surface area contributed by atoms with E-state index in [-0.39, 0.29) is 5.41 Å². The molecule has 4 bridgehead atoms. The molecule has 6 heteroatoms. The van der Waals surface area contributed by atoms with Crippen LogP contribution in [0.2, 0.25) is 0 Å². The second-order valence-electron chi connectivity index (χ2n) is 8.81. The number of piperazine rings is 1. The normalized spacial score (nSPS) is 36.9. The van der Waals surface area contributed by atoms with Gasteiger partial charge in [0.1, 0.15) is 0 Å². The molecule has 4 saturated carbocycles. The van der Waals surface area contributed by atoms with Gasteiger partial charge in [-0.15, -0.1) is 5.10 Å². The lowest BCUT2D eigenvalue weighted by atomic mass is 9.49. The predicted octanol–water partition coefficient (Wildman–Crippen LogP) is 2.50. The number of nitrogens with zero attached hydrogens (tertiary/aromatic N) is 4. The molecule has 6 rings (SSSR count). The number of anilines is 1. The van der Waals surface area contributed by atoms with E-state index in [0.717, 1.165) is 69.6 Å². The Kier molecular flexibility index (Phi) is 3.57. The molecule has 0 radical (unpaired) electrons. The van der Waals surface area contributed by atoms with Gasteiger partial charge in [0.15, 0.2) is 0 Å². The molecule has 5 fully saturated rings. The molecule has 1 amide bonds. The molecule has 1 saturated heterocycles. The second-order valence-corrected chi connectivity index (χ2v) is 8.81. The van der Waals surface area contributed by atoms with Crippen LogP contribution in [0.3, 0.4) is 0 Å². The van der Waals surface area contributed by atoms with Crippen LogP contribution in [-0.2, 0) is 11.2 Å². The quantitative estimate of drug-likeness (QED) is 0.843. The summed E-state index contributed by atoms with van der Waals surface area (Å²) in [4.78, 5) is 17.6. The van der Waals surface area contributed by atoms with Gasteiger partial charge in [-0.25, -0.2) is 0 Å². The Balaban J connectivity index is 1.25. The minimum absolute atomic E-state index is 0.0171. The summed E-state index contributed by atoms with van der Waals surface area (Å²) < 4.78 is 5.67. The van der Waals surface area contributed by atoms with Gasteiger partial charge in [0, 0.05) is 32.6 Å². The number of aryl methyl sites for hydroxylation is 1. The lowest BCUT2D eigenvalue weighted by Crippen LogP contribution is -2.58. The summed E-state index contributed by atoms with van der Waals surface area (Å²) in [7, 11) is 0. The maximum absolute atomic E-state index is 13.4. The number of carbonyl (C=O) groups excluding carboxylic acids is 1. The van der Waals surface area contributed by atoms with Crippen LogP contribution in [0.1, 0.15) is 51.3 Å². The molecule has 0 N–H and O–H groups in total. The molecule has 5 aliphatic rings. The third-order valence-electron chi connectivity index (χ3n) is 7.09. The first kappa shape index (κ1) is 15.6. The topological polar surface area (TPSA) is 62.5 Å². The largest absolute Gasteiger partial charge is 0.408 e. The van der Waals surface area contributed by atoms with Crippen LogP contribution in [-0.4, -0.2) is 47.2 Å². The van der Waals surface area contributed by atoms with Crippen molar-refractivity contribution in [1.82, 2.24) is 15.1 Å².